The van der Waals surface area contributed by atoms with Crippen LogP contribution >= 0.6 is 0 Å². The fraction of sp³-hybridized carbons (Fsp3) is 0.424. The van der Waals surface area contributed by atoms with Gasteiger partial charge in [0.2, 0.25) is 0 Å². The van der Waals surface area contributed by atoms with E-state index in [0.29, 0.717) is 30.2 Å². The van der Waals surface area contributed by atoms with Crippen molar-refractivity contribution in [2.45, 2.75) is 52.4 Å². The molecule has 0 aliphatic carbocycles. The van der Waals surface area contributed by atoms with Crippen LogP contribution in [0.2, 0.25) is 0 Å². The van der Waals surface area contributed by atoms with Crippen molar-refractivity contribution < 1.29 is 19.1 Å². The van der Waals surface area contributed by atoms with E-state index in [1.54, 1.807) is 43.5 Å². The third-order valence-electron chi connectivity index (χ3n) is 7.59. The van der Waals surface area contributed by atoms with Crippen LogP contribution in [0.1, 0.15) is 43.6 Å². The number of likely N-dealkylation sites (N-methyl/N-ethyl adjacent to an activating group) is 1. The molecule has 9 heteroatoms. The largest absolute Gasteiger partial charge is 0.491 e. The molecular weight excluding hydrogens is 530 g/mol. The predicted molar refractivity (Wildman–Crippen MR) is 166 cm³/mol. The maximum atomic E-state index is 13.6. The molecule has 3 amide bonds. The molecule has 42 heavy (non-hydrogen) atoms. The number of rotatable bonds is 6. The Balaban J connectivity index is 1.58. The van der Waals surface area contributed by atoms with E-state index in [2.05, 4.69) is 64.7 Å². The lowest BCUT2D eigenvalue weighted by Gasteiger charge is -2.36. The summed E-state index contributed by atoms with van der Waals surface area (Å²) in [5.74, 6) is 0.442. The Morgan fingerprint density at radius 2 is 1.86 bits per heavy atom. The fourth-order valence-corrected chi connectivity index (χ4v) is 5.15. The second-order valence-electron chi connectivity index (χ2n) is 11.4. The molecular formula is C33H43N5O4. The van der Waals surface area contributed by atoms with Crippen molar-refractivity contribution in [2.75, 3.05) is 39.2 Å². The number of urea groups is 1. The second kappa shape index (κ2) is 14.3. The summed E-state index contributed by atoms with van der Waals surface area (Å²) in [5, 5.41) is 5.62. The van der Waals surface area contributed by atoms with Gasteiger partial charge in [-0.2, -0.15) is 0 Å². The van der Waals surface area contributed by atoms with Crippen molar-refractivity contribution in [2.24, 2.45) is 5.92 Å². The van der Waals surface area contributed by atoms with Gasteiger partial charge in [-0.3, -0.25) is 14.7 Å². The average molecular weight is 574 g/mol. The maximum absolute atomic E-state index is 13.6. The van der Waals surface area contributed by atoms with Gasteiger partial charge in [0.15, 0.2) is 0 Å². The van der Waals surface area contributed by atoms with Crippen LogP contribution in [0.3, 0.4) is 0 Å². The molecule has 224 valence electrons. The minimum atomic E-state index is -0.328. The van der Waals surface area contributed by atoms with Crippen molar-refractivity contribution in [3.63, 3.8) is 0 Å². The molecule has 3 atom stereocenters. The zero-order chi connectivity index (χ0) is 30.2. The summed E-state index contributed by atoms with van der Waals surface area (Å²) in [6.45, 7) is 10.4. The van der Waals surface area contributed by atoms with Gasteiger partial charge in [-0.25, -0.2) is 4.79 Å². The first-order chi connectivity index (χ1) is 20.1. The number of nitrogens with one attached hydrogen (secondary N) is 2. The van der Waals surface area contributed by atoms with Gasteiger partial charge in [-0.05, 0) is 67.6 Å². The predicted octanol–water partition coefficient (Wildman–Crippen LogP) is 5.28. The molecule has 4 rings (SSSR count). The van der Waals surface area contributed by atoms with Crippen LogP contribution in [0.4, 0.5) is 10.5 Å². The van der Waals surface area contributed by atoms with Crippen molar-refractivity contribution in [3.8, 4) is 16.9 Å². The molecule has 1 aliphatic rings. The van der Waals surface area contributed by atoms with Crippen molar-refractivity contribution in [1.29, 1.82) is 0 Å². The lowest BCUT2D eigenvalue weighted by molar-refractivity contribution is 0.00922. The van der Waals surface area contributed by atoms with Gasteiger partial charge in [-0.15, -0.1) is 0 Å². The first-order valence-electron chi connectivity index (χ1n) is 14.5. The molecule has 0 spiro atoms. The highest BCUT2D eigenvalue weighted by Gasteiger charge is 2.28. The van der Waals surface area contributed by atoms with Crippen LogP contribution in [0.5, 0.6) is 5.75 Å². The van der Waals surface area contributed by atoms with Crippen LogP contribution in [0, 0.1) is 5.92 Å². The van der Waals surface area contributed by atoms with E-state index in [1.165, 1.54) is 5.56 Å². The molecule has 3 aromatic rings. The molecule has 1 aromatic heterocycles. The van der Waals surface area contributed by atoms with E-state index in [9.17, 15) is 9.59 Å². The fourth-order valence-electron chi connectivity index (χ4n) is 5.15. The number of fused-ring (bicyclic) bond motifs is 1. The van der Waals surface area contributed by atoms with Crippen LogP contribution in [-0.4, -0.2) is 78.8 Å². The van der Waals surface area contributed by atoms with Gasteiger partial charge in [0.1, 0.15) is 12.4 Å². The highest BCUT2D eigenvalue weighted by Crippen LogP contribution is 2.27. The first-order valence-corrected chi connectivity index (χ1v) is 14.5. The number of benzene rings is 2. The third kappa shape index (κ3) is 8.08. The number of amides is 3. The number of pyridine rings is 1. The Labute approximate surface area is 249 Å². The molecule has 0 saturated heterocycles. The molecule has 2 N–H and O–H groups in total. The minimum absolute atomic E-state index is 0.0121. The van der Waals surface area contributed by atoms with Crippen molar-refractivity contribution in [3.05, 3.63) is 78.1 Å². The zero-order valence-electron chi connectivity index (χ0n) is 25.5. The summed E-state index contributed by atoms with van der Waals surface area (Å²) in [6, 6.07) is 17.5. The topological polar surface area (TPSA) is 96.0 Å². The SMILES string of the molecule is CO[C@H]1CN(C)C(=O)c2cc(NC(=O)NC(C)C)ccc2OC[C@H](C)N(Cc2ccc(-c3cccnc3)cc2)C[C@@H]1C. The Kier molecular flexibility index (Phi) is 10.5. The summed E-state index contributed by atoms with van der Waals surface area (Å²) in [6.07, 6.45) is 3.49. The number of nitrogens with zero attached hydrogens (tertiary/aromatic N) is 3. The first kappa shape index (κ1) is 31.0. The highest BCUT2D eigenvalue weighted by atomic mass is 16.5. The molecule has 0 fully saturated rings. The number of methoxy groups -OCH3 is 1. The summed E-state index contributed by atoms with van der Waals surface area (Å²) in [7, 11) is 3.47. The smallest absolute Gasteiger partial charge is 0.319 e. The lowest BCUT2D eigenvalue weighted by Crippen LogP contribution is -2.46. The van der Waals surface area contributed by atoms with Gasteiger partial charge in [0, 0.05) is 64.0 Å². The summed E-state index contributed by atoms with van der Waals surface area (Å²) < 4.78 is 12.2. The van der Waals surface area contributed by atoms with E-state index in [1.807, 2.05) is 26.1 Å². The van der Waals surface area contributed by atoms with Crippen molar-refractivity contribution >= 4 is 17.6 Å². The third-order valence-corrected chi connectivity index (χ3v) is 7.59. The standard InChI is InChI=1S/C33H43N5O4/c1-22(2)35-33(40)36-28-13-14-30-29(16-28)32(39)37(5)20-31(41-6)23(3)18-38(24(4)21-42-30)19-25-9-11-26(12-10-25)27-8-7-15-34-17-27/h7-17,22-24,31H,18-21H2,1-6H3,(H2,35,36,40)/t23-,24-,31-/m0/s1. The van der Waals surface area contributed by atoms with E-state index in [4.69, 9.17) is 9.47 Å². The Bertz CT molecular complexity index is 1330. The molecule has 0 bridgehead atoms. The quantitative estimate of drug-likeness (QED) is 0.416. The van der Waals surface area contributed by atoms with Gasteiger partial charge in [0.05, 0.1) is 11.7 Å². The highest BCUT2D eigenvalue weighted by molar-refractivity contribution is 5.99. The van der Waals surface area contributed by atoms with Gasteiger partial charge < -0.3 is 25.0 Å². The second-order valence-corrected chi connectivity index (χ2v) is 11.4. The Hall–Kier alpha value is -3.95. The average Bonchev–Trinajstić information content (AvgIpc) is 2.98. The lowest BCUT2D eigenvalue weighted by atomic mass is 10.0. The zero-order valence-corrected chi connectivity index (χ0v) is 25.5. The molecule has 0 saturated carbocycles. The number of hydrogen-bond acceptors (Lipinski definition) is 6. The molecule has 0 unspecified atom stereocenters. The molecule has 2 heterocycles. The number of hydrogen-bond donors (Lipinski definition) is 2. The van der Waals surface area contributed by atoms with Gasteiger partial charge in [-0.1, -0.05) is 37.3 Å². The summed E-state index contributed by atoms with van der Waals surface area (Å²) >= 11 is 0. The minimum Gasteiger partial charge on any atom is -0.491 e. The van der Waals surface area contributed by atoms with Gasteiger partial charge in [0.25, 0.3) is 5.91 Å². The molecule has 9 nitrogen and oxygen atoms in total. The van der Waals surface area contributed by atoms with E-state index < -0.39 is 0 Å². The van der Waals surface area contributed by atoms with E-state index in [-0.39, 0.29) is 36.0 Å². The van der Waals surface area contributed by atoms with E-state index in [0.717, 1.165) is 24.2 Å². The normalized spacial score (nSPS) is 20.2. The summed E-state index contributed by atoms with van der Waals surface area (Å²) in [5.41, 5.74) is 4.33. The van der Waals surface area contributed by atoms with Crippen molar-refractivity contribution in [1.82, 2.24) is 20.1 Å². The number of carbonyl (C=O) groups is 2. The van der Waals surface area contributed by atoms with Crippen LogP contribution < -0.4 is 15.4 Å². The number of carbonyl (C=O) groups excluding carboxylic acids is 2. The molecule has 0 radical (unpaired) electrons. The van der Waals surface area contributed by atoms with Crippen LogP contribution in [0.15, 0.2) is 67.0 Å². The molecule has 2 aromatic carbocycles. The van der Waals surface area contributed by atoms with Crippen LogP contribution in [-0.2, 0) is 11.3 Å². The number of anilines is 1. The van der Waals surface area contributed by atoms with Gasteiger partial charge >= 0.3 is 6.03 Å². The Morgan fingerprint density at radius 1 is 1.10 bits per heavy atom. The van der Waals surface area contributed by atoms with Crippen LogP contribution in [0.25, 0.3) is 11.1 Å². The summed E-state index contributed by atoms with van der Waals surface area (Å²) in [4.78, 5) is 34.2. The van der Waals surface area contributed by atoms with E-state index >= 15 is 0 Å². The number of ether oxygens (including phenoxy) is 2. The monoisotopic (exact) mass is 573 g/mol. The number of aromatic nitrogens is 1. The Morgan fingerprint density at radius 3 is 2.52 bits per heavy atom. The maximum Gasteiger partial charge on any atom is 0.319 e. The molecule has 1 aliphatic heterocycles.